The molecule has 1 saturated heterocycles. The monoisotopic (exact) mass is 389 g/mol. The van der Waals surface area contributed by atoms with Gasteiger partial charge in [-0.05, 0) is 43.0 Å². The van der Waals surface area contributed by atoms with Crippen molar-refractivity contribution in [2.75, 3.05) is 18.5 Å². The van der Waals surface area contributed by atoms with Gasteiger partial charge in [0.15, 0.2) is 5.82 Å². The summed E-state index contributed by atoms with van der Waals surface area (Å²) in [6.45, 7) is 0.744. The van der Waals surface area contributed by atoms with Crippen LogP contribution in [0.25, 0.3) is 5.82 Å². The van der Waals surface area contributed by atoms with E-state index in [1.54, 1.807) is 29.2 Å². The molecule has 0 amide bonds. The molecule has 3 aromatic rings. The van der Waals surface area contributed by atoms with Crippen LogP contribution in [0.5, 0.6) is 0 Å². The third kappa shape index (κ3) is 3.17. The number of anilines is 1. The Morgan fingerprint density at radius 1 is 1.28 bits per heavy atom. The molecule has 0 saturated carbocycles. The molecule has 3 aromatic heterocycles. The molecular formula is C20H19N7O2. The van der Waals surface area contributed by atoms with Gasteiger partial charge in [-0.3, -0.25) is 4.79 Å². The summed E-state index contributed by atoms with van der Waals surface area (Å²) >= 11 is 0. The second-order valence-corrected chi connectivity index (χ2v) is 7.24. The van der Waals surface area contributed by atoms with Crippen molar-refractivity contribution in [2.24, 2.45) is 0 Å². The molecule has 2 aliphatic rings. The molecule has 1 aliphatic carbocycles. The predicted octanol–water partition coefficient (Wildman–Crippen LogP) is 1.24. The Kier molecular flexibility index (Phi) is 4.33. The van der Waals surface area contributed by atoms with Crippen LogP contribution in [0.2, 0.25) is 0 Å². The first-order chi connectivity index (χ1) is 14.2. The lowest BCUT2D eigenvalue weighted by Crippen LogP contribution is -2.38. The largest absolute Gasteiger partial charge is 0.377 e. The summed E-state index contributed by atoms with van der Waals surface area (Å²) in [4.78, 5) is 17.2. The van der Waals surface area contributed by atoms with E-state index in [4.69, 9.17) is 4.74 Å². The smallest absolute Gasteiger partial charge is 0.267 e. The van der Waals surface area contributed by atoms with Gasteiger partial charge in [-0.15, -0.1) is 5.10 Å². The lowest BCUT2D eigenvalue weighted by Gasteiger charge is -2.22. The third-order valence-electron chi connectivity index (χ3n) is 5.41. The zero-order valence-electron chi connectivity index (χ0n) is 15.7. The highest BCUT2D eigenvalue weighted by atomic mass is 16.5. The van der Waals surface area contributed by atoms with Crippen molar-refractivity contribution < 1.29 is 4.74 Å². The summed E-state index contributed by atoms with van der Waals surface area (Å²) in [5.74, 6) is 1.10. The highest BCUT2D eigenvalue weighted by molar-refractivity contribution is 5.55. The van der Waals surface area contributed by atoms with Crippen LogP contribution in [0.4, 0.5) is 5.82 Å². The molecule has 0 bridgehead atoms. The first-order valence-corrected chi connectivity index (χ1v) is 9.60. The van der Waals surface area contributed by atoms with Crippen molar-refractivity contribution in [3.05, 3.63) is 63.8 Å². The first-order valence-electron chi connectivity index (χ1n) is 9.60. The van der Waals surface area contributed by atoms with Crippen LogP contribution >= 0.6 is 0 Å². The van der Waals surface area contributed by atoms with Gasteiger partial charge in [0.2, 0.25) is 0 Å². The van der Waals surface area contributed by atoms with Crippen LogP contribution in [0, 0.1) is 11.3 Å². The minimum atomic E-state index is -0.320. The molecular weight excluding hydrogens is 370 g/mol. The third-order valence-corrected chi connectivity index (χ3v) is 5.41. The standard InChI is InChI=1S/C20H19N7O2/c21-10-14-9-13-3-1-4-15(13)23-20(14)24-16-11-29-12-17(16)27-19(28)6-5-18(25-27)26-8-2-7-22-26/h2,5-9,16-17H,1,3-4,11-12H2,(H,23,24). The zero-order valence-corrected chi connectivity index (χ0v) is 15.7. The summed E-state index contributed by atoms with van der Waals surface area (Å²) in [6, 6.07) is 8.52. The van der Waals surface area contributed by atoms with E-state index in [-0.39, 0.29) is 17.6 Å². The number of nitrogens with one attached hydrogen (secondary N) is 1. The van der Waals surface area contributed by atoms with Gasteiger partial charge in [-0.2, -0.15) is 10.4 Å². The number of hydrogen-bond acceptors (Lipinski definition) is 7. The van der Waals surface area contributed by atoms with E-state index in [2.05, 4.69) is 26.6 Å². The van der Waals surface area contributed by atoms with Crippen molar-refractivity contribution in [1.82, 2.24) is 24.5 Å². The van der Waals surface area contributed by atoms with Crippen molar-refractivity contribution in [2.45, 2.75) is 31.3 Å². The average molecular weight is 389 g/mol. The van der Waals surface area contributed by atoms with Crippen LogP contribution in [-0.4, -0.2) is 43.8 Å². The van der Waals surface area contributed by atoms with E-state index in [9.17, 15) is 10.1 Å². The molecule has 0 radical (unpaired) electrons. The first kappa shape index (κ1) is 17.6. The maximum atomic E-state index is 12.5. The highest BCUT2D eigenvalue weighted by Crippen LogP contribution is 2.28. The molecule has 29 heavy (non-hydrogen) atoms. The van der Waals surface area contributed by atoms with Gasteiger partial charge in [0.05, 0.1) is 24.8 Å². The topological polar surface area (TPSA) is 111 Å². The average Bonchev–Trinajstić information content (AvgIpc) is 3.49. The van der Waals surface area contributed by atoms with Crippen LogP contribution in [-0.2, 0) is 17.6 Å². The number of fused-ring (bicyclic) bond motifs is 1. The number of rotatable bonds is 4. The van der Waals surface area contributed by atoms with Crippen molar-refractivity contribution in [3.8, 4) is 11.9 Å². The second-order valence-electron chi connectivity index (χ2n) is 7.24. The molecule has 1 N–H and O–H groups in total. The number of hydrogen-bond donors (Lipinski definition) is 1. The van der Waals surface area contributed by atoms with E-state index in [1.807, 2.05) is 6.07 Å². The molecule has 1 fully saturated rings. The van der Waals surface area contributed by atoms with Crippen LogP contribution in [0.15, 0.2) is 41.5 Å². The van der Waals surface area contributed by atoms with Crippen LogP contribution in [0.1, 0.15) is 29.3 Å². The maximum absolute atomic E-state index is 12.5. The predicted molar refractivity (Wildman–Crippen MR) is 104 cm³/mol. The molecule has 1 aliphatic heterocycles. The molecule has 2 unspecified atom stereocenters. The number of aryl methyl sites for hydroxylation is 2. The fourth-order valence-corrected chi connectivity index (χ4v) is 3.94. The second kappa shape index (κ2) is 7.14. The van der Waals surface area contributed by atoms with E-state index in [1.165, 1.54) is 10.7 Å². The van der Waals surface area contributed by atoms with Gasteiger partial charge in [0.25, 0.3) is 5.56 Å². The highest BCUT2D eigenvalue weighted by Gasteiger charge is 2.33. The summed E-state index contributed by atoms with van der Waals surface area (Å²) < 4.78 is 8.69. The summed E-state index contributed by atoms with van der Waals surface area (Å²) in [7, 11) is 0. The Bertz CT molecular complexity index is 1150. The molecule has 0 spiro atoms. The van der Waals surface area contributed by atoms with Gasteiger partial charge in [-0.25, -0.2) is 14.3 Å². The zero-order chi connectivity index (χ0) is 19.8. The van der Waals surface area contributed by atoms with E-state index >= 15 is 0 Å². The van der Waals surface area contributed by atoms with Crippen LogP contribution in [0.3, 0.4) is 0 Å². The molecule has 4 heterocycles. The Morgan fingerprint density at radius 3 is 3.03 bits per heavy atom. The fourth-order valence-electron chi connectivity index (χ4n) is 3.94. The van der Waals surface area contributed by atoms with Gasteiger partial charge >= 0.3 is 0 Å². The fraction of sp³-hybridized carbons (Fsp3) is 0.350. The Labute approximate surface area is 166 Å². The minimum absolute atomic E-state index is 0.217. The van der Waals surface area contributed by atoms with E-state index < -0.39 is 0 Å². The van der Waals surface area contributed by atoms with Gasteiger partial charge < -0.3 is 10.1 Å². The number of nitrogens with zero attached hydrogens (tertiary/aromatic N) is 6. The maximum Gasteiger partial charge on any atom is 0.267 e. The molecule has 9 heteroatoms. The van der Waals surface area contributed by atoms with E-state index in [0.717, 1.165) is 30.5 Å². The molecule has 2 atom stereocenters. The van der Waals surface area contributed by atoms with Crippen molar-refractivity contribution in [1.29, 1.82) is 5.26 Å². The van der Waals surface area contributed by atoms with Gasteiger partial charge in [0, 0.05) is 24.2 Å². The Hall–Kier alpha value is -3.51. The Morgan fingerprint density at radius 2 is 2.21 bits per heavy atom. The van der Waals surface area contributed by atoms with Gasteiger partial charge in [-0.1, -0.05) is 0 Å². The number of pyridine rings is 1. The van der Waals surface area contributed by atoms with Crippen molar-refractivity contribution >= 4 is 5.82 Å². The number of nitriles is 1. The van der Waals surface area contributed by atoms with E-state index in [0.29, 0.717) is 30.4 Å². The number of ether oxygens (including phenoxy) is 1. The van der Waals surface area contributed by atoms with Gasteiger partial charge in [0.1, 0.15) is 17.9 Å². The SMILES string of the molecule is N#Cc1cc2c(nc1NC1COCC1n1nc(-n3cccn3)ccc1=O)CCC2. The molecule has 146 valence electrons. The normalized spacial score (nSPS) is 20.4. The molecule has 9 nitrogen and oxygen atoms in total. The Balaban J connectivity index is 1.47. The lowest BCUT2D eigenvalue weighted by atomic mass is 10.1. The number of aromatic nitrogens is 5. The van der Waals surface area contributed by atoms with Crippen molar-refractivity contribution in [3.63, 3.8) is 0 Å². The summed E-state index contributed by atoms with van der Waals surface area (Å²) in [5.41, 5.74) is 2.49. The lowest BCUT2D eigenvalue weighted by molar-refractivity contribution is 0.182. The molecule has 0 aromatic carbocycles. The quantitative estimate of drug-likeness (QED) is 0.714. The molecule has 5 rings (SSSR count). The summed E-state index contributed by atoms with van der Waals surface area (Å²) in [5, 5.41) is 21.6. The minimum Gasteiger partial charge on any atom is -0.377 e. The summed E-state index contributed by atoms with van der Waals surface area (Å²) in [6.07, 6.45) is 6.37. The van der Waals surface area contributed by atoms with Crippen LogP contribution < -0.4 is 10.9 Å².